The number of nitrogens with zero attached hydrogens (tertiary/aromatic N) is 4. The lowest BCUT2D eigenvalue weighted by Gasteiger charge is -2.31. The van der Waals surface area contributed by atoms with Crippen LogP contribution in [0.2, 0.25) is 0 Å². The van der Waals surface area contributed by atoms with Crippen LogP contribution in [0.3, 0.4) is 0 Å². The van der Waals surface area contributed by atoms with E-state index in [9.17, 15) is 0 Å². The van der Waals surface area contributed by atoms with Gasteiger partial charge in [-0.3, -0.25) is 4.98 Å². The van der Waals surface area contributed by atoms with Crippen molar-refractivity contribution >= 4 is 5.69 Å². The lowest BCUT2D eigenvalue weighted by atomic mass is 9.96. The summed E-state index contributed by atoms with van der Waals surface area (Å²) in [6.45, 7) is 6.83. The monoisotopic (exact) mass is 285 g/mol. The summed E-state index contributed by atoms with van der Waals surface area (Å²) in [4.78, 5) is 11.0. The van der Waals surface area contributed by atoms with Crippen molar-refractivity contribution in [2.24, 2.45) is 5.92 Å². The van der Waals surface area contributed by atoms with Crippen LogP contribution in [-0.4, -0.2) is 39.1 Å². The molecule has 0 unspecified atom stereocenters. The fraction of sp³-hybridized carbons (Fsp3) is 0.500. The molecule has 2 aromatic rings. The van der Waals surface area contributed by atoms with Gasteiger partial charge in [-0.1, -0.05) is 6.92 Å². The first kappa shape index (κ1) is 14.1. The summed E-state index contributed by atoms with van der Waals surface area (Å²) in [6, 6.07) is 1.84. The summed E-state index contributed by atoms with van der Waals surface area (Å²) in [7, 11) is 0. The molecule has 0 aromatic carbocycles. The molecule has 1 fully saturated rings. The molecule has 5 heteroatoms. The summed E-state index contributed by atoms with van der Waals surface area (Å²) in [5.41, 5.74) is 8.86. The quantitative estimate of drug-likeness (QED) is 0.936. The number of pyridine rings is 1. The lowest BCUT2D eigenvalue weighted by Crippen LogP contribution is -2.34. The summed E-state index contributed by atoms with van der Waals surface area (Å²) in [5.74, 6) is 0.721. The third-order valence-corrected chi connectivity index (χ3v) is 4.45. The molecule has 0 bridgehead atoms. The molecule has 1 aliphatic rings. The molecule has 0 amide bonds. The van der Waals surface area contributed by atoms with Gasteiger partial charge < -0.3 is 15.2 Å². The second-order valence-corrected chi connectivity index (χ2v) is 5.77. The Morgan fingerprint density at radius 2 is 2.05 bits per heavy atom. The second kappa shape index (κ2) is 6.26. The average molecular weight is 285 g/mol. The largest absolute Gasteiger partial charge is 0.398 e. The van der Waals surface area contributed by atoms with Crippen molar-refractivity contribution in [3.05, 3.63) is 31.0 Å². The standard InChI is InChI=1S/C16H23N5/c1-2-20-7-4-13(5-8-20)11-21-12-19-10-16(21)14-9-18-6-3-15(14)17/h3,6,9-10,12-13H,2,4-5,7-8,11H2,1H3,(H2,17,18). The minimum absolute atomic E-state index is 0.721. The number of anilines is 1. The summed E-state index contributed by atoms with van der Waals surface area (Å²) in [5, 5.41) is 0. The molecule has 2 N–H and O–H groups in total. The first-order valence-electron chi connectivity index (χ1n) is 7.70. The highest BCUT2D eigenvalue weighted by molar-refractivity contribution is 5.72. The highest BCUT2D eigenvalue weighted by Gasteiger charge is 2.19. The molecule has 1 aliphatic heterocycles. The number of nitrogen functional groups attached to an aromatic ring is 1. The minimum atomic E-state index is 0.721. The number of piperidine rings is 1. The topological polar surface area (TPSA) is 60.0 Å². The number of aromatic nitrogens is 3. The zero-order valence-electron chi connectivity index (χ0n) is 12.6. The van der Waals surface area contributed by atoms with Crippen LogP contribution in [0.1, 0.15) is 19.8 Å². The van der Waals surface area contributed by atoms with Crippen LogP contribution in [-0.2, 0) is 6.54 Å². The number of rotatable bonds is 4. The van der Waals surface area contributed by atoms with E-state index in [0.29, 0.717) is 0 Å². The normalized spacial score (nSPS) is 17.2. The zero-order valence-corrected chi connectivity index (χ0v) is 12.6. The van der Waals surface area contributed by atoms with E-state index in [1.54, 1.807) is 6.20 Å². The van der Waals surface area contributed by atoms with Crippen LogP contribution in [0.25, 0.3) is 11.3 Å². The van der Waals surface area contributed by atoms with Gasteiger partial charge in [0.05, 0.1) is 18.2 Å². The van der Waals surface area contributed by atoms with Crippen LogP contribution in [0.5, 0.6) is 0 Å². The maximum atomic E-state index is 6.06. The van der Waals surface area contributed by atoms with Gasteiger partial charge in [-0.2, -0.15) is 0 Å². The number of hydrogen-bond acceptors (Lipinski definition) is 4. The molecule has 21 heavy (non-hydrogen) atoms. The van der Waals surface area contributed by atoms with Crippen LogP contribution >= 0.6 is 0 Å². The molecule has 5 nitrogen and oxygen atoms in total. The lowest BCUT2D eigenvalue weighted by molar-refractivity contribution is 0.181. The fourth-order valence-electron chi connectivity index (χ4n) is 3.07. The highest BCUT2D eigenvalue weighted by atomic mass is 15.1. The molecule has 0 saturated carbocycles. The Kier molecular flexibility index (Phi) is 4.20. The van der Waals surface area contributed by atoms with Gasteiger partial charge in [0, 0.05) is 30.2 Å². The Bertz CT molecular complexity index is 584. The van der Waals surface area contributed by atoms with E-state index in [2.05, 4.69) is 26.4 Å². The molecule has 0 atom stereocenters. The van der Waals surface area contributed by atoms with Gasteiger partial charge in [0.15, 0.2) is 0 Å². The molecule has 112 valence electrons. The van der Waals surface area contributed by atoms with E-state index >= 15 is 0 Å². The van der Waals surface area contributed by atoms with Gasteiger partial charge in [-0.15, -0.1) is 0 Å². The van der Waals surface area contributed by atoms with Crippen LogP contribution < -0.4 is 5.73 Å². The molecular formula is C16H23N5. The van der Waals surface area contributed by atoms with Crippen molar-refractivity contribution in [3.8, 4) is 11.3 Å². The van der Waals surface area contributed by atoms with Crippen molar-refractivity contribution in [3.63, 3.8) is 0 Å². The summed E-state index contributed by atoms with van der Waals surface area (Å²) >= 11 is 0. The predicted octanol–water partition coefficient (Wildman–Crippen LogP) is 2.26. The second-order valence-electron chi connectivity index (χ2n) is 5.77. The van der Waals surface area contributed by atoms with Crippen molar-refractivity contribution in [1.29, 1.82) is 0 Å². The SMILES string of the molecule is CCN1CCC(Cn2cncc2-c2cnccc2N)CC1. The smallest absolute Gasteiger partial charge is 0.0951 e. The Morgan fingerprint density at radius 3 is 2.76 bits per heavy atom. The predicted molar refractivity (Wildman–Crippen MR) is 84.7 cm³/mol. The van der Waals surface area contributed by atoms with Gasteiger partial charge in [-0.05, 0) is 44.5 Å². The van der Waals surface area contributed by atoms with Crippen LogP contribution in [0, 0.1) is 5.92 Å². The van der Waals surface area contributed by atoms with Crippen LogP contribution in [0.4, 0.5) is 5.69 Å². The molecule has 2 aromatic heterocycles. The molecule has 0 spiro atoms. The maximum Gasteiger partial charge on any atom is 0.0951 e. The first-order valence-corrected chi connectivity index (χ1v) is 7.70. The Balaban J connectivity index is 1.73. The van der Waals surface area contributed by atoms with Crippen molar-refractivity contribution in [1.82, 2.24) is 19.4 Å². The third-order valence-electron chi connectivity index (χ3n) is 4.45. The van der Waals surface area contributed by atoms with E-state index in [1.807, 2.05) is 24.8 Å². The van der Waals surface area contributed by atoms with Crippen molar-refractivity contribution < 1.29 is 0 Å². The Labute approximate surface area is 125 Å². The molecule has 0 aliphatic carbocycles. The molecule has 0 radical (unpaired) electrons. The van der Waals surface area contributed by atoms with Gasteiger partial charge in [0.25, 0.3) is 0 Å². The zero-order chi connectivity index (χ0) is 14.7. The molecule has 3 heterocycles. The van der Waals surface area contributed by atoms with E-state index in [-0.39, 0.29) is 0 Å². The molecule has 1 saturated heterocycles. The van der Waals surface area contributed by atoms with E-state index < -0.39 is 0 Å². The van der Waals surface area contributed by atoms with Gasteiger partial charge in [-0.25, -0.2) is 4.98 Å². The van der Waals surface area contributed by atoms with Gasteiger partial charge >= 0.3 is 0 Å². The summed E-state index contributed by atoms with van der Waals surface area (Å²) in [6.07, 6.45) is 9.85. The van der Waals surface area contributed by atoms with Gasteiger partial charge in [0.2, 0.25) is 0 Å². The van der Waals surface area contributed by atoms with Gasteiger partial charge in [0.1, 0.15) is 0 Å². The van der Waals surface area contributed by atoms with E-state index in [0.717, 1.165) is 36.0 Å². The van der Waals surface area contributed by atoms with Crippen molar-refractivity contribution in [2.75, 3.05) is 25.4 Å². The van der Waals surface area contributed by atoms with E-state index in [4.69, 9.17) is 5.73 Å². The number of nitrogens with two attached hydrogens (primary N) is 1. The highest BCUT2D eigenvalue weighted by Crippen LogP contribution is 2.26. The number of likely N-dealkylation sites (tertiary alicyclic amines) is 1. The maximum absolute atomic E-state index is 6.06. The number of imidazole rings is 1. The fourth-order valence-corrected chi connectivity index (χ4v) is 3.07. The van der Waals surface area contributed by atoms with E-state index in [1.165, 1.54) is 25.9 Å². The molecule has 3 rings (SSSR count). The average Bonchev–Trinajstić information content (AvgIpc) is 2.96. The first-order chi connectivity index (χ1) is 10.3. The minimum Gasteiger partial charge on any atom is -0.398 e. The third kappa shape index (κ3) is 3.08. The molecular weight excluding hydrogens is 262 g/mol. The van der Waals surface area contributed by atoms with Crippen molar-refractivity contribution in [2.45, 2.75) is 26.3 Å². The number of hydrogen-bond donors (Lipinski definition) is 1. The Morgan fingerprint density at radius 1 is 1.24 bits per heavy atom. The Hall–Kier alpha value is -1.88. The summed E-state index contributed by atoms with van der Waals surface area (Å²) < 4.78 is 2.22. The van der Waals surface area contributed by atoms with Crippen LogP contribution in [0.15, 0.2) is 31.0 Å².